The van der Waals surface area contributed by atoms with E-state index < -0.39 is 22.0 Å². The van der Waals surface area contributed by atoms with E-state index in [0.717, 1.165) is 0 Å². The minimum absolute atomic E-state index is 0.116. The lowest BCUT2D eigenvalue weighted by atomic mass is 10.2. The van der Waals surface area contributed by atoms with E-state index in [9.17, 15) is 13.2 Å². The Morgan fingerprint density at radius 3 is 2.56 bits per heavy atom. The van der Waals surface area contributed by atoms with Crippen molar-refractivity contribution in [1.82, 2.24) is 5.32 Å². The zero-order chi connectivity index (χ0) is 24.0. The number of hydrogen-bond donors (Lipinski definition) is 1. The molecular weight excluding hydrogens is 456 g/mol. The van der Waals surface area contributed by atoms with Crippen LogP contribution in [0.5, 0.6) is 17.2 Å². The van der Waals surface area contributed by atoms with E-state index in [-0.39, 0.29) is 25.4 Å². The summed E-state index contributed by atoms with van der Waals surface area (Å²) in [4.78, 5) is 12.8. The number of carbonyl (C=O) groups excluding carboxylic acids is 1. The molecule has 1 N–H and O–H groups in total. The predicted molar refractivity (Wildman–Crippen MR) is 129 cm³/mol. The van der Waals surface area contributed by atoms with Crippen LogP contribution in [-0.2, 0) is 20.6 Å². The van der Waals surface area contributed by atoms with Gasteiger partial charge in [0.2, 0.25) is 10.0 Å². The Hall–Kier alpha value is -3.72. The molecule has 9 heteroatoms. The highest BCUT2D eigenvalue weighted by molar-refractivity contribution is 7.92. The molecule has 0 radical (unpaired) electrons. The van der Waals surface area contributed by atoms with Gasteiger partial charge in [-0.25, -0.2) is 8.42 Å². The number of rotatable bonds is 9. The maximum absolute atomic E-state index is 13.3. The first-order chi connectivity index (χ1) is 16.5. The fourth-order valence-corrected chi connectivity index (χ4v) is 5.20. The molecule has 0 aromatic heterocycles. The van der Waals surface area contributed by atoms with Crippen LogP contribution in [0.1, 0.15) is 5.56 Å². The Labute approximate surface area is 199 Å². The van der Waals surface area contributed by atoms with E-state index in [1.807, 2.05) is 18.2 Å². The van der Waals surface area contributed by atoms with Gasteiger partial charge < -0.3 is 19.5 Å². The predicted octanol–water partition coefficient (Wildman–Crippen LogP) is 2.99. The summed E-state index contributed by atoms with van der Waals surface area (Å²) in [5.74, 6) is 1.05. The molecule has 1 amide bonds. The van der Waals surface area contributed by atoms with E-state index in [1.165, 1.54) is 4.31 Å². The van der Waals surface area contributed by atoms with Crippen molar-refractivity contribution in [2.45, 2.75) is 11.9 Å². The fraction of sp³-hybridized carbons (Fsp3) is 0.240. The highest BCUT2D eigenvalue weighted by Gasteiger charge is 2.36. The van der Waals surface area contributed by atoms with Crippen LogP contribution in [0.4, 0.5) is 5.69 Å². The van der Waals surface area contributed by atoms with Gasteiger partial charge in [0, 0.05) is 6.07 Å². The summed E-state index contributed by atoms with van der Waals surface area (Å²) in [6.45, 7) is 0.349. The highest BCUT2D eigenvalue weighted by Crippen LogP contribution is 2.35. The van der Waals surface area contributed by atoms with Crippen molar-refractivity contribution in [2.75, 3.05) is 31.1 Å². The van der Waals surface area contributed by atoms with Crippen LogP contribution in [-0.4, -0.2) is 47.2 Å². The number of sulfonamides is 1. The summed E-state index contributed by atoms with van der Waals surface area (Å²) in [5.41, 5.74) is 1.09. The molecule has 1 aliphatic heterocycles. The Morgan fingerprint density at radius 2 is 1.76 bits per heavy atom. The maximum atomic E-state index is 13.3. The van der Waals surface area contributed by atoms with Gasteiger partial charge in [-0.05, 0) is 29.8 Å². The lowest BCUT2D eigenvalue weighted by Gasteiger charge is -2.34. The van der Waals surface area contributed by atoms with Crippen LogP contribution in [0.25, 0.3) is 0 Å². The molecule has 1 aliphatic rings. The second-order valence-electron chi connectivity index (χ2n) is 7.67. The van der Waals surface area contributed by atoms with E-state index in [2.05, 4.69) is 5.32 Å². The Balaban J connectivity index is 1.41. The van der Waals surface area contributed by atoms with Gasteiger partial charge in [0.25, 0.3) is 5.91 Å². The molecule has 178 valence electrons. The molecule has 0 fully saturated rings. The maximum Gasteiger partial charge on any atom is 0.263 e. The van der Waals surface area contributed by atoms with Crippen LogP contribution in [0.3, 0.4) is 0 Å². The average molecular weight is 483 g/mol. The molecule has 1 heterocycles. The van der Waals surface area contributed by atoms with Gasteiger partial charge >= 0.3 is 0 Å². The zero-order valence-corrected chi connectivity index (χ0v) is 19.5. The van der Waals surface area contributed by atoms with Crippen molar-refractivity contribution in [2.24, 2.45) is 0 Å². The first-order valence-corrected chi connectivity index (χ1v) is 12.4. The van der Waals surface area contributed by atoms with Crippen LogP contribution < -0.4 is 23.8 Å². The molecule has 34 heavy (non-hydrogen) atoms. The Bertz CT molecular complexity index is 1230. The van der Waals surface area contributed by atoms with Gasteiger partial charge in [0.05, 0.1) is 31.6 Å². The number of nitrogens with zero attached hydrogens (tertiary/aromatic N) is 1. The molecule has 8 nitrogen and oxygen atoms in total. The number of ether oxygens (including phenoxy) is 3. The number of anilines is 1. The molecule has 1 unspecified atom stereocenters. The van der Waals surface area contributed by atoms with Gasteiger partial charge in [0.15, 0.2) is 6.10 Å². The van der Waals surface area contributed by atoms with Gasteiger partial charge in [-0.3, -0.25) is 9.10 Å². The number of methoxy groups -OCH3 is 1. The molecule has 3 aromatic rings. The first-order valence-electron chi connectivity index (χ1n) is 10.8. The van der Waals surface area contributed by atoms with Crippen molar-refractivity contribution in [3.8, 4) is 17.2 Å². The van der Waals surface area contributed by atoms with E-state index in [1.54, 1.807) is 67.8 Å². The number of hydrogen-bond acceptors (Lipinski definition) is 6. The number of benzene rings is 3. The molecule has 3 aromatic carbocycles. The second-order valence-corrected chi connectivity index (χ2v) is 9.56. The molecule has 0 saturated carbocycles. The summed E-state index contributed by atoms with van der Waals surface area (Å²) in [6.07, 6.45) is -0.989. The van der Waals surface area contributed by atoms with Gasteiger partial charge in [-0.15, -0.1) is 0 Å². The summed E-state index contributed by atoms with van der Waals surface area (Å²) < 4.78 is 44.4. The second kappa shape index (κ2) is 10.5. The minimum atomic E-state index is -3.75. The number of carbonyl (C=O) groups is 1. The van der Waals surface area contributed by atoms with Crippen molar-refractivity contribution >= 4 is 21.6 Å². The van der Waals surface area contributed by atoms with E-state index in [0.29, 0.717) is 28.5 Å². The Morgan fingerprint density at radius 1 is 1.03 bits per heavy atom. The number of para-hydroxylation sites is 2. The number of nitrogens with one attached hydrogen (secondary N) is 1. The van der Waals surface area contributed by atoms with Crippen molar-refractivity contribution < 1.29 is 27.4 Å². The number of amides is 1. The van der Waals surface area contributed by atoms with Gasteiger partial charge in [-0.1, -0.05) is 48.5 Å². The SMILES string of the molecule is COc1cccc(OCCNC(=O)C2CN(S(=O)(=O)Cc3ccccc3)c3ccccc3O2)c1. The summed E-state index contributed by atoms with van der Waals surface area (Å²) in [6, 6.07) is 22.9. The highest BCUT2D eigenvalue weighted by atomic mass is 32.2. The zero-order valence-electron chi connectivity index (χ0n) is 18.7. The van der Waals surface area contributed by atoms with Gasteiger partial charge in [0.1, 0.15) is 23.9 Å². The molecule has 4 rings (SSSR count). The average Bonchev–Trinajstić information content (AvgIpc) is 2.86. The molecule has 0 saturated heterocycles. The lowest BCUT2D eigenvalue weighted by molar-refractivity contribution is -0.127. The van der Waals surface area contributed by atoms with Crippen molar-refractivity contribution in [3.05, 3.63) is 84.4 Å². The quantitative estimate of drug-likeness (QED) is 0.472. The van der Waals surface area contributed by atoms with E-state index in [4.69, 9.17) is 14.2 Å². The van der Waals surface area contributed by atoms with Crippen molar-refractivity contribution in [3.63, 3.8) is 0 Å². The topological polar surface area (TPSA) is 94.2 Å². The molecule has 0 bridgehead atoms. The summed E-state index contributed by atoms with van der Waals surface area (Å²) in [7, 11) is -2.17. The lowest BCUT2D eigenvalue weighted by Crippen LogP contribution is -2.51. The monoisotopic (exact) mass is 482 g/mol. The minimum Gasteiger partial charge on any atom is -0.497 e. The largest absolute Gasteiger partial charge is 0.497 e. The normalized spacial score (nSPS) is 15.1. The summed E-state index contributed by atoms with van der Waals surface area (Å²) in [5, 5.41) is 2.76. The molecular formula is C25H26N2O6S. The van der Waals surface area contributed by atoms with Gasteiger partial charge in [-0.2, -0.15) is 0 Å². The van der Waals surface area contributed by atoms with Crippen LogP contribution >= 0.6 is 0 Å². The smallest absolute Gasteiger partial charge is 0.263 e. The third-order valence-electron chi connectivity index (χ3n) is 5.27. The third kappa shape index (κ3) is 5.60. The molecule has 0 aliphatic carbocycles. The Kier molecular flexibility index (Phi) is 7.22. The third-order valence-corrected chi connectivity index (χ3v) is 6.98. The molecule has 1 atom stereocenters. The summed E-state index contributed by atoms with van der Waals surface area (Å²) >= 11 is 0. The number of fused-ring (bicyclic) bond motifs is 1. The van der Waals surface area contributed by atoms with Crippen LogP contribution in [0.2, 0.25) is 0 Å². The van der Waals surface area contributed by atoms with Crippen LogP contribution in [0, 0.1) is 0 Å². The molecule has 0 spiro atoms. The standard InChI is InChI=1S/C25H26N2O6S/c1-31-20-10-7-11-21(16-20)32-15-14-26-25(28)24-17-27(22-12-5-6-13-23(22)33-24)34(29,30)18-19-8-3-2-4-9-19/h2-13,16,24H,14-15,17-18H2,1H3,(H,26,28). The van der Waals surface area contributed by atoms with Crippen LogP contribution in [0.15, 0.2) is 78.9 Å². The van der Waals surface area contributed by atoms with E-state index >= 15 is 0 Å². The fourth-order valence-electron chi connectivity index (χ4n) is 3.61. The van der Waals surface area contributed by atoms with Crippen molar-refractivity contribution in [1.29, 1.82) is 0 Å². The first kappa shape index (κ1) is 23.4.